The normalized spacial score (nSPS) is 41.4. The maximum atomic E-state index is 14.3. The van der Waals surface area contributed by atoms with Crippen LogP contribution >= 0.6 is 0 Å². The van der Waals surface area contributed by atoms with Gasteiger partial charge in [0.2, 0.25) is 11.8 Å². The molecule has 202 valence electrons. The maximum absolute atomic E-state index is 14.3. The molecule has 7 heteroatoms. The number of allylic oxidation sites excluding steroid dienone is 2. The summed E-state index contributed by atoms with van der Waals surface area (Å²) in [5.74, 6) is -2.89. The van der Waals surface area contributed by atoms with Crippen LogP contribution in [-0.4, -0.2) is 34.0 Å². The Labute approximate surface area is 223 Å². The fourth-order valence-electron chi connectivity index (χ4n) is 9.99. The van der Waals surface area contributed by atoms with Crippen molar-refractivity contribution in [1.82, 2.24) is 0 Å². The molecule has 5 aliphatic carbocycles. The van der Waals surface area contributed by atoms with E-state index in [2.05, 4.69) is 26.8 Å². The van der Waals surface area contributed by atoms with Crippen molar-refractivity contribution >= 4 is 29.4 Å². The van der Waals surface area contributed by atoms with E-state index >= 15 is 0 Å². The molecule has 1 heterocycles. The summed E-state index contributed by atoms with van der Waals surface area (Å²) >= 11 is 0. The molecule has 1 aromatic rings. The molecule has 2 bridgehead atoms. The Kier molecular flexibility index (Phi) is 5.35. The second-order valence-corrected chi connectivity index (χ2v) is 13.4. The number of rotatable bonds is 4. The molecule has 1 aliphatic heterocycles. The third kappa shape index (κ3) is 3.02. The molecule has 1 saturated heterocycles. The second-order valence-electron chi connectivity index (χ2n) is 13.4. The standard InChI is InChI=1S/C31H37NO6/c1-16(2)20-15-31-12-9-21-29(3,10-6-11-30(21,4)28(37)38)22(31)14-19(20)23-24(31)26(34)32(25(23)33)18-8-5-7-17(13-18)27(35)36/h5,7-8,13,15-16,19,21-24H,6,9-12,14H2,1-4H3,(H,35,36)(H,37,38)/t19-,21-,22-,23-,24+,29+,30-,31-/m0/s1. The summed E-state index contributed by atoms with van der Waals surface area (Å²) in [4.78, 5) is 53.8. The van der Waals surface area contributed by atoms with Gasteiger partial charge in [-0.3, -0.25) is 14.4 Å². The number of nitrogens with zero attached hydrogens (tertiary/aromatic N) is 1. The van der Waals surface area contributed by atoms with Gasteiger partial charge in [0.25, 0.3) is 0 Å². The zero-order valence-corrected chi connectivity index (χ0v) is 22.6. The van der Waals surface area contributed by atoms with E-state index in [-0.39, 0.29) is 46.5 Å². The third-order valence-electron chi connectivity index (χ3n) is 11.5. The number of carboxylic acids is 2. The highest BCUT2D eigenvalue weighted by molar-refractivity contribution is 6.23. The average Bonchev–Trinajstić information content (AvgIpc) is 3.15. The highest BCUT2D eigenvalue weighted by Gasteiger charge is 2.73. The quantitative estimate of drug-likeness (QED) is 0.407. The van der Waals surface area contributed by atoms with Crippen LogP contribution in [0.5, 0.6) is 0 Å². The van der Waals surface area contributed by atoms with Crippen LogP contribution < -0.4 is 4.90 Å². The highest BCUT2D eigenvalue weighted by Crippen LogP contribution is 2.74. The van der Waals surface area contributed by atoms with E-state index in [0.717, 1.165) is 25.7 Å². The molecule has 0 unspecified atom stereocenters. The van der Waals surface area contributed by atoms with Crippen molar-refractivity contribution in [1.29, 1.82) is 0 Å². The van der Waals surface area contributed by atoms with Crippen LogP contribution in [-0.2, 0) is 14.4 Å². The third-order valence-corrected chi connectivity index (χ3v) is 11.5. The predicted octanol–water partition coefficient (Wildman–Crippen LogP) is 5.40. The van der Waals surface area contributed by atoms with Gasteiger partial charge < -0.3 is 10.2 Å². The van der Waals surface area contributed by atoms with Gasteiger partial charge in [0.1, 0.15) is 0 Å². The van der Waals surface area contributed by atoms with E-state index < -0.39 is 34.6 Å². The molecule has 2 amide bonds. The van der Waals surface area contributed by atoms with Crippen molar-refractivity contribution in [3.63, 3.8) is 0 Å². The van der Waals surface area contributed by atoms with Crippen LogP contribution in [0.25, 0.3) is 0 Å². The summed E-state index contributed by atoms with van der Waals surface area (Å²) in [7, 11) is 0. The molecule has 7 nitrogen and oxygen atoms in total. The van der Waals surface area contributed by atoms with Gasteiger partial charge in [0.05, 0.1) is 28.5 Å². The van der Waals surface area contributed by atoms with Gasteiger partial charge in [-0.15, -0.1) is 0 Å². The van der Waals surface area contributed by atoms with E-state index in [4.69, 9.17) is 0 Å². The molecule has 38 heavy (non-hydrogen) atoms. The zero-order chi connectivity index (χ0) is 27.4. The zero-order valence-electron chi connectivity index (χ0n) is 22.6. The molecule has 3 saturated carbocycles. The van der Waals surface area contributed by atoms with Gasteiger partial charge in [0, 0.05) is 5.41 Å². The lowest BCUT2D eigenvalue weighted by Gasteiger charge is -2.68. The van der Waals surface area contributed by atoms with Gasteiger partial charge in [-0.25, -0.2) is 9.69 Å². The summed E-state index contributed by atoms with van der Waals surface area (Å²) in [6, 6.07) is 6.10. The number of anilines is 1. The lowest BCUT2D eigenvalue weighted by molar-refractivity contribution is -0.194. The van der Waals surface area contributed by atoms with Crippen LogP contribution in [0.3, 0.4) is 0 Å². The number of carbonyl (C=O) groups excluding carboxylic acids is 2. The Morgan fingerprint density at radius 3 is 2.42 bits per heavy atom. The van der Waals surface area contributed by atoms with Gasteiger partial charge >= 0.3 is 11.9 Å². The van der Waals surface area contributed by atoms with Gasteiger partial charge in [-0.2, -0.15) is 0 Å². The number of carboxylic acid groups (broad SMARTS) is 2. The summed E-state index contributed by atoms with van der Waals surface area (Å²) in [5.41, 5.74) is 0.112. The second kappa shape index (κ2) is 8.03. The molecule has 6 aliphatic rings. The van der Waals surface area contributed by atoms with E-state index in [0.29, 0.717) is 18.5 Å². The minimum absolute atomic E-state index is 0.0288. The number of hydrogen-bond acceptors (Lipinski definition) is 4. The first-order valence-electron chi connectivity index (χ1n) is 14.0. The number of fused-ring (bicyclic) bond motifs is 1. The Morgan fingerprint density at radius 1 is 1.03 bits per heavy atom. The number of imide groups is 1. The SMILES string of the molecule is CC(C)C1=C[C@@]23CC[C@H]4[C@@](C)(CCC[C@]4(C)C(=O)O)[C@@H]2C[C@@H]1[C@@H]1C(=O)N(c2cccc(C(=O)O)c2)C(=O)[C@@H]13. The molecule has 1 aromatic carbocycles. The largest absolute Gasteiger partial charge is 0.481 e. The van der Waals surface area contributed by atoms with Crippen LogP contribution in [0, 0.1) is 51.8 Å². The first kappa shape index (κ1) is 25.3. The predicted molar refractivity (Wildman–Crippen MR) is 140 cm³/mol. The Bertz CT molecular complexity index is 1300. The fraction of sp³-hybridized carbons (Fsp3) is 0.613. The number of hydrogen-bond donors (Lipinski definition) is 2. The lowest BCUT2D eigenvalue weighted by atomic mass is 9.34. The number of amides is 2. The average molecular weight is 520 g/mol. The maximum Gasteiger partial charge on any atom is 0.335 e. The molecule has 4 fully saturated rings. The molecular formula is C31H37NO6. The molecule has 2 N–H and O–H groups in total. The van der Waals surface area contributed by atoms with Crippen molar-refractivity contribution < 1.29 is 29.4 Å². The van der Waals surface area contributed by atoms with E-state index in [9.17, 15) is 29.4 Å². The Balaban J connectivity index is 1.48. The van der Waals surface area contributed by atoms with E-state index in [1.807, 2.05) is 6.92 Å². The van der Waals surface area contributed by atoms with Crippen LogP contribution in [0.1, 0.15) is 76.6 Å². The molecule has 1 spiro atoms. The van der Waals surface area contributed by atoms with Gasteiger partial charge in [0.15, 0.2) is 0 Å². The van der Waals surface area contributed by atoms with Crippen molar-refractivity contribution in [2.75, 3.05) is 4.90 Å². The molecule has 7 rings (SSSR count). The summed E-state index contributed by atoms with van der Waals surface area (Å²) in [6.07, 6.45) is 7.05. The van der Waals surface area contributed by atoms with E-state index in [1.165, 1.54) is 22.6 Å². The molecular weight excluding hydrogens is 482 g/mol. The highest BCUT2D eigenvalue weighted by atomic mass is 16.4. The first-order chi connectivity index (χ1) is 17.9. The first-order valence-corrected chi connectivity index (χ1v) is 14.0. The van der Waals surface area contributed by atoms with Gasteiger partial charge in [-0.05, 0) is 86.3 Å². The Hall–Kier alpha value is -2.96. The molecule has 8 atom stereocenters. The van der Waals surface area contributed by atoms with Crippen molar-refractivity contribution in [2.24, 2.45) is 51.8 Å². The summed E-state index contributed by atoms with van der Waals surface area (Å²) < 4.78 is 0. The van der Waals surface area contributed by atoms with Crippen molar-refractivity contribution in [2.45, 2.75) is 66.2 Å². The van der Waals surface area contributed by atoms with Crippen LogP contribution in [0.2, 0.25) is 0 Å². The summed E-state index contributed by atoms with van der Waals surface area (Å²) in [6.45, 7) is 8.48. The van der Waals surface area contributed by atoms with Crippen LogP contribution in [0.15, 0.2) is 35.9 Å². The molecule has 0 radical (unpaired) electrons. The monoisotopic (exact) mass is 519 g/mol. The fourth-order valence-corrected chi connectivity index (χ4v) is 9.99. The number of benzene rings is 1. The number of carbonyl (C=O) groups is 4. The minimum Gasteiger partial charge on any atom is -0.481 e. The number of aliphatic carboxylic acids is 1. The van der Waals surface area contributed by atoms with Crippen molar-refractivity contribution in [3.8, 4) is 0 Å². The summed E-state index contributed by atoms with van der Waals surface area (Å²) in [5, 5.41) is 19.8. The van der Waals surface area contributed by atoms with Gasteiger partial charge in [-0.1, -0.05) is 44.9 Å². The smallest absolute Gasteiger partial charge is 0.335 e. The molecule has 0 aromatic heterocycles. The van der Waals surface area contributed by atoms with E-state index in [1.54, 1.807) is 12.1 Å². The van der Waals surface area contributed by atoms with Crippen LogP contribution in [0.4, 0.5) is 5.69 Å². The van der Waals surface area contributed by atoms with Crippen molar-refractivity contribution in [3.05, 3.63) is 41.5 Å². The topological polar surface area (TPSA) is 112 Å². The Morgan fingerprint density at radius 2 is 1.76 bits per heavy atom. The lowest BCUT2D eigenvalue weighted by Crippen LogP contribution is -2.65. The minimum atomic E-state index is -1.10. The number of aromatic carboxylic acids is 1.